The maximum absolute atomic E-state index is 7.08. The summed E-state index contributed by atoms with van der Waals surface area (Å²) in [6, 6.07) is 26.4. The molecule has 1 atom stereocenters. The van der Waals surface area contributed by atoms with Crippen LogP contribution in [0.2, 0.25) is 0 Å². The van der Waals surface area contributed by atoms with Crippen molar-refractivity contribution in [2.45, 2.75) is 58.8 Å². The molecule has 0 spiro atoms. The largest absolute Gasteiger partial charge is 0.116 e. The number of aryl methyl sites for hydroxylation is 5. The van der Waals surface area contributed by atoms with Crippen molar-refractivity contribution in [2.75, 3.05) is 0 Å². The molecule has 0 aliphatic carbocycles. The minimum atomic E-state index is -0.152. The first-order chi connectivity index (χ1) is 13.9. The molecule has 0 aliphatic rings. The SMILES string of the molecule is Cc1cccc(CC[C](Cl)C(C)(CCc2cccc(C)c2)c2cccc(C)c2)c1. The van der Waals surface area contributed by atoms with E-state index in [4.69, 9.17) is 11.6 Å². The summed E-state index contributed by atoms with van der Waals surface area (Å²) in [5.41, 5.74) is 7.81. The summed E-state index contributed by atoms with van der Waals surface area (Å²) in [7, 11) is 0. The second-order valence-corrected chi connectivity index (χ2v) is 9.04. The Morgan fingerprint density at radius 3 is 1.79 bits per heavy atom. The van der Waals surface area contributed by atoms with Gasteiger partial charge < -0.3 is 0 Å². The molecule has 0 fully saturated rings. The first-order valence-corrected chi connectivity index (χ1v) is 10.9. The van der Waals surface area contributed by atoms with Gasteiger partial charge in [-0.2, -0.15) is 0 Å². The van der Waals surface area contributed by atoms with E-state index >= 15 is 0 Å². The number of hydrogen-bond donors (Lipinski definition) is 0. The number of halogens is 1. The highest BCUT2D eigenvalue weighted by Gasteiger charge is 2.35. The summed E-state index contributed by atoms with van der Waals surface area (Å²) in [6.07, 6.45) is 3.90. The molecule has 0 nitrogen and oxygen atoms in total. The molecule has 0 saturated carbocycles. The molecule has 0 aromatic heterocycles. The lowest BCUT2D eigenvalue weighted by atomic mass is 9.73. The van der Waals surface area contributed by atoms with Gasteiger partial charge in [-0.3, -0.25) is 0 Å². The predicted molar refractivity (Wildman–Crippen MR) is 127 cm³/mol. The molecule has 3 aromatic rings. The fourth-order valence-corrected chi connectivity index (χ4v) is 4.38. The maximum Gasteiger partial charge on any atom is 0.0743 e. The summed E-state index contributed by atoms with van der Waals surface area (Å²) in [6.45, 7) is 8.78. The zero-order valence-electron chi connectivity index (χ0n) is 18.1. The van der Waals surface area contributed by atoms with Crippen LogP contribution in [-0.4, -0.2) is 0 Å². The van der Waals surface area contributed by atoms with Crippen LogP contribution in [0.1, 0.15) is 53.1 Å². The summed E-state index contributed by atoms with van der Waals surface area (Å²) in [5, 5.41) is 1.05. The quantitative estimate of drug-likeness (QED) is 0.358. The molecular weight excluding hydrogens is 372 g/mol. The van der Waals surface area contributed by atoms with Crippen LogP contribution in [0, 0.1) is 26.1 Å². The molecule has 0 aliphatic heterocycles. The van der Waals surface area contributed by atoms with Gasteiger partial charge in [-0.05, 0) is 63.1 Å². The van der Waals surface area contributed by atoms with E-state index in [9.17, 15) is 0 Å². The van der Waals surface area contributed by atoms with Crippen molar-refractivity contribution in [1.29, 1.82) is 0 Å². The summed E-state index contributed by atoms with van der Waals surface area (Å²) in [5.74, 6) is 0. The molecule has 0 N–H and O–H groups in total. The summed E-state index contributed by atoms with van der Waals surface area (Å²) < 4.78 is 0. The van der Waals surface area contributed by atoms with Crippen molar-refractivity contribution >= 4 is 11.6 Å². The Balaban J connectivity index is 1.81. The van der Waals surface area contributed by atoms with Crippen molar-refractivity contribution in [2.24, 2.45) is 0 Å². The van der Waals surface area contributed by atoms with Crippen molar-refractivity contribution in [3.63, 3.8) is 0 Å². The molecule has 0 bridgehead atoms. The van der Waals surface area contributed by atoms with Crippen LogP contribution in [0.25, 0.3) is 0 Å². The molecular formula is C28H32Cl. The van der Waals surface area contributed by atoms with E-state index in [1.54, 1.807) is 0 Å². The first-order valence-electron chi connectivity index (χ1n) is 10.6. The molecule has 0 saturated heterocycles. The average Bonchev–Trinajstić information content (AvgIpc) is 2.70. The van der Waals surface area contributed by atoms with Gasteiger partial charge in [-0.1, -0.05) is 96.4 Å². The van der Waals surface area contributed by atoms with Gasteiger partial charge in [-0.15, -0.1) is 11.6 Å². The number of benzene rings is 3. The highest BCUT2D eigenvalue weighted by Crippen LogP contribution is 2.43. The Labute approximate surface area is 181 Å². The molecule has 1 radical (unpaired) electrons. The Hall–Kier alpha value is -2.05. The van der Waals surface area contributed by atoms with Gasteiger partial charge in [0, 0.05) is 5.41 Å². The molecule has 1 unspecified atom stereocenters. The normalized spacial score (nSPS) is 13.4. The van der Waals surface area contributed by atoms with Crippen LogP contribution in [0.15, 0.2) is 72.8 Å². The van der Waals surface area contributed by atoms with Crippen LogP contribution in [0.3, 0.4) is 0 Å². The highest BCUT2D eigenvalue weighted by atomic mass is 35.5. The van der Waals surface area contributed by atoms with Crippen molar-refractivity contribution in [1.82, 2.24) is 0 Å². The zero-order chi connectivity index (χ0) is 20.9. The maximum atomic E-state index is 7.08. The van der Waals surface area contributed by atoms with Gasteiger partial charge in [0.15, 0.2) is 0 Å². The molecule has 3 rings (SSSR count). The third kappa shape index (κ3) is 5.73. The van der Waals surface area contributed by atoms with Gasteiger partial charge in [0.2, 0.25) is 0 Å². The van der Waals surface area contributed by atoms with Crippen LogP contribution in [0.4, 0.5) is 0 Å². The average molecular weight is 404 g/mol. The molecule has 151 valence electrons. The van der Waals surface area contributed by atoms with Crippen molar-refractivity contribution in [3.05, 3.63) is 112 Å². The molecule has 29 heavy (non-hydrogen) atoms. The Bertz CT molecular complexity index is 942. The lowest BCUT2D eigenvalue weighted by Crippen LogP contribution is -2.29. The smallest absolute Gasteiger partial charge is 0.0743 e. The van der Waals surface area contributed by atoms with Crippen molar-refractivity contribution < 1.29 is 0 Å². The summed E-state index contributed by atoms with van der Waals surface area (Å²) in [4.78, 5) is 0. The van der Waals surface area contributed by atoms with Crippen LogP contribution in [0.5, 0.6) is 0 Å². The van der Waals surface area contributed by atoms with Gasteiger partial charge in [-0.25, -0.2) is 0 Å². The first kappa shape index (κ1) is 21.7. The molecule has 1 heteroatoms. The molecule has 0 heterocycles. The van der Waals surface area contributed by atoms with E-state index in [0.29, 0.717) is 0 Å². The number of rotatable bonds is 8. The lowest BCUT2D eigenvalue weighted by Gasteiger charge is -2.35. The zero-order valence-corrected chi connectivity index (χ0v) is 18.9. The monoisotopic (exact) mass is 403 g/mol. The van der Waals surface area contributed by atoms with Gasteiger partial charge in [0.25, 0.3) is 0 Å². The minimum Gasteiger partial charge on any atom is -0.116 e. The van der Waals surface area contributed by atoms with Gasteiger partial charge >= 0.3 is 0 Å². The minimum absolute atomic E-state index is 0.152. The Morgan fingerprint density at radius 1 is 0.724 bits per heavy atom. The third-order valence-corrected chi connectivity index (χ3v) is 6.57. The van der Waals surface area contributed by atoms with Crippen molar-refractivity contribution in [3.8, 4) is 0 Å². The van der Waals surface area contributed by atoms with Gasteiger partial charge in [0.05, 0.1) is 5.38 Å². The lowest BCUT2D eigenvalue weighted by molar-refractivity contribution is 0.464. The summed E-state index contributed by atoms with van der Waals surface area (Å²) >= 11 is 7.08. The van der Waals surface area contributed by atoms with E-state index < -0.39 is 0 Å². The topological polar surface area (TPSA) is 0 Å². The van der Waals surface area contributed by atoms with E-state index in [-0.39, 0.29) is 5.41 Å². The number of hydrogen-bond acceptors (Lipinski definition) is 0. The van der Waals surface area contributed by atoms with E-state index in [1.807, 2.05) is 0 Å². The van der Waals surface area contributed by atoms with E-state index in [1.165, 1.54) is 33.4 Å². The Kier molecular flexibility index (Phi) is 7.19. The fourth-order valence-electron chi connectivity index (χ4n) is 4.08. The van der Waals surface area contributed by atoms with Gasteiger partial charge in [0.1, 0.15) is 0 Å². The van der Waals surface area contributed by atoms with E-state index in [0.717, 1.165) is 31.1 Å². The second kappa shape index (κ2) is 9.63. The van der Waals surface area contributed by atoms with Crippen LogP contribution < -0.4 is 0 Å². The second-order valence-electron chi connectivity index (χ2n) is 8.58. The standard InChI is InChI=1S/C28H32Cl/c1-21-8-5-11-24(18-21)14-15-27(29)28(4,26-13-7-10-23(3)20-26)17-16-25-12-6-9-22(2)19-25/h5-13,18-20H,14-17H2,1-4H3. The fraction of sp³-hybridized carbons (Fsp3) is 0.321. The van der Waals surface area contributed by atoms with E-state index in [2.05, 4.69) is 100 Å². The highest BCUT2D eigenvalue weighted by molar-refractivity contribution is 6.28. The molecule has 3 aromatic carbocycles. The van der Waals surface area contributed by atoms with Crippen LogP contribution in [-0.2, 0) is 18.3 Å². The third-order valence-electron chi connectivity index (χ3n) is 5.97. The Morgan fingerprint density at radius 2 is 1.24 bits per heavy atom. The molecule has 0 amide bonds. The predicted octanol–water partition coefficient (Wildman–Crippen LogP) is 7.91. The van der Waals surface area contributed by atoms with Crippen LogP contribution >= 0.6 is 11.6 Å².